The van der Waals surface area contributed by atoms with Crippen LogP contribution in [0.15, 0.2) is 60.2 Å². The average molecular weight is 380 g/mol. The van der Waals surface area contributed by atoms with Gasteiger partial charge in [-0.05, 0) is 50.0 Å². The summed E-state index contributed by atoms with van der Waals surface area (Å²) in [6, 6.07) is 8.67. The minimum Gasteiger partial charge on any atom is -0.392 e. The molecule has 1 aromatic rings. The molecule has 0 heterocycles. The van der Waals surface area contributed by atoms with Crippen LogP contribution >= 0.6 is 0 Å². The number of hydrogen-bond acceptors (Lipinski definition) is 2. The molecule has 3 rings (SSSR count). The Morgan fingerprint density at radius 3 is 2.86 bits per heavy atom. The maximum atomic E-state index is 11.7. The summed E-state index contributed by atoms with van der Waals surface area (Å²) in [5, 5.41) is 10.5. The normalized spacial score (nSPS) is 26.8. The van der Waals surface area contributed by atoms with E-state index in [-0.39, 0.29) is 17.9 Å². The number of hydrogen-bond donors (Lipinski definition) is 1. The van der Waals surface area contributed by atoms with Gasteiger partial charge in [0.25, 0.3) is 0 Å². The first kappa shape index (κ1) is 20.6. The summed E-state index contributed by atoms with van der Waals surface area (Å²) < 4.78 is 0. The third-order valence-corrected chi connectivity index (χ3v) is 6.07. The van der Waals surface area contributed by atoms with Crippen LogP contribution < -0.4 is 0 Å². The van der Waals surface area contributed by atoms with E-state index in [9.17, 15) is 9.90 Å². The molecule has 1 amide bonds. The van der Waals surface area contributed by atoms with Crippen molar-refractivity contribution >= 4 is 5.91 Å². The third kappa shape index (κ3) is 5.23. The highest BCUT2D eigenvalue weighted by Crippen LogP contribution is 2.47. The van der Waals surface area contributed by atoms with E-state index < -0.39 is 0 Å². The Labute approximate surface area is 169 Å². The number of carbonyl (C=O) groups excluding carboxylic acids is 1. The van der Waals surface area contributed by atoms with E-state index in [1.807, 2.05) is 6.08 Å². The summed E-state index contributed by atoms with van der Waals surface area (Å²) in [5.41, 5.74) is 3.99. The summed E-state index contributed by atoms with van der Waals surface area (Å²) in [6.07, 6.45) is 15.0. The smallest absolute Gasteiger partial charge is 0.225 e. The Hall–Kier alpha value is -2.13. The molecular formula is C25H33NO2. The maximum absolute atomic E-state index is 11.7. The summed E-state index contributed by atoms with van der Waals surface area (Å²) in [4.78, 5) is 13.3. The number of allylic oxidation sites excluding steroid dienone is 4. The second kappa shape index (κ2) is 9.38. The molecule has 0 aromatic heterocycles. The number of benzene rings is 1. The van der Waals surface area contributed by atoms with Crippen molar-refractivity contribution in [3.8, 4) is 0 Å². The van der Waals surface area contributed by atoms with Crippen molar-refractivity contribution in [2.24, 2.45) is 17.8 Å². The highest BCUT2D eigenvalue weighted by atomic mass is 16.3. The molecule has 3 nitrogen and oxygen atoms in total. The number of nitrogens with zero attached hydrogens (tertiary/aromatic N) is 1. The van der Waals surface area contributed by atoms with Crippen LogP contribution in [0.5, 0.6) is 0 Å². The molecular weight excluding hydrogens is 346 g/mol. The molecule has 2 aliphatic rings. The zero-order chi connectivity index (χ0) is 20.1. The zero-order valence-electron chi connectivity index (χ0n) is 17.3. The van der Waals surface area contributed by atoms with Crippen LogP contribution in [-0.4, -0.2) is 36.1 Å². The van der Waals surface area contributed by atoms with E-state index in [0.29, 0.717) is 18.3 Å². The molecule has 150 valence electrons. The van der Waals surface area contributed by atoms with Crippen LogP contribution in [0.4, 0.5) is 0 Å². The summed E-state index contributed by atoms with van der Waals surface area (Å²) in [6.45, 7) is 2.13. The van der Waals surface area contributed by atoms with Crippen molar-refractivity contribution in [1.29, 1.82) is 0 Å². The SMILES string of the molecule is Cc1cccc(CCC=C[C@@H]2[C@H]3CC(C=CCC(=O)N(C)C)=C[C@H]3C[C@H]2O)c1. The van der Waals surface area contributed by atoms with Crippen LogP contribution in [-0.2, 0) is 11.2 Å². The molecule has 28 heavy (non-hydrogen) atoms. The molecule has 1 saturated carbocycles. The first-order valence-corrected chi connectivity index (χ1v) is 10.4. The number of aliphatic hydroxyl groups is 1. The van der Waals surface area contributed by atoms with E-state index in [4.69, 9.17) is 0 Å². The fourth-order valence-corrected chi connectivity index (χ4v) is 4.54. The Balaban J connectivity index is 1.51. The Morgan fingerprint density at radius 2 is 2.11 bits per heavy atom. The Bertz CT molecular complexity index is 775. The van der Waals surface area contributed by atoms with Gasteiger partial charge in [-0.2, -0.15) is 0 Å². The molecule has 0 bridgehead atoms. The van der Waals surface area contributed by atoms with Gasteiger partial charge in [0.1, 0.15) is 0 Å². The molecule has 0 aliphatic heterocycles. The van der Waals surface area contributed by atoms with Gasteiger partial charge in [0.15, 0.2) is 0 Å². The molecule has 0 radical (unpaired) electrons. The second-order valence-corrected chi connectivity index (χ2v) is 8.50. The monoisotopic (exact) mass is 379 g/mol. The Morgan fingerprint density at radius 1 is 1.29 bits per heavy atom. The van der Waals surface area contributed by atoms with Gasteiger partial charge in [0, 0.05) is 26.4 Å². The van der Waals surface area contributed by atoms with Gasteiger partial charge in [-0.1, -0.05) is 65.8 Å². The molecule has 4 atom stereocenters. The quantitative estimate of drug-likeness (QED) is 0.711. The predicted molar refractivity (Wildman–Crippen MR) is 115 cm³/mol. The lowest BCUT2D eigenvalue weighted by molar-refractivity contribution is -0.127. The topological polar surface area (TPSA) is 40.5 Å². The van der Waals surface area contributed by atoms with Crippen molar-refractivity contribution in [3.63, 3.8) is 0 Å². The van der Waals surface area contributed by atoms with E-state index >= 15 is 0 Å². The van der Waals surface area contributed by atoms with Crippen molar-refractivity contribution in [3.05, 3.63) is 71.3 Å². The summed E-state index contributed by atoms with van der Waals surface area (Å²) >= 11 is 0. The van der Waals surface area contributed by atoms with Crippen molar-refractivity contribution < 1.29 is 9.90 Å². The third-order valence-electron chi connectivity index (χ3n) is 6.07. The number of carbonyl (C=O) groups is 1. The molecule has 0 spiro atoms. The van der Waals surface area contributed by atoms with Gasteiger partial charge in [-0.25, -0.2) is 0 Å². The maximum Gasteiger partial charge on any atom is 0.225 e. The largest absolute Gasteiger partial charge is 0.392 e. The minimum atomic E-state index is -0.234. The average Bonchev–Trinajstić information content (AvgIpc) is 3.15. The van der Waals surface area contributed by atoms with Crippen molar-refractivity contribution in [2.45, 2.75) is 45.1 Å². The van der Waals surface area contributed by atoms with Crippen LogP contribution in [0.1, 0.15) is 36.8 Å². The molecule has 3 heteroatoms. The van der Waals surface area contributed by atoms with E-state index in [2.05, 4.69) is 55.5 Å². The minimum absolute atomic E-state index is 0.125. The van der Waals surface area contributed by atoms with Crippen LogP contribution in [0.25, 0.3) is 0 Å². The van der Waals surface area contributed by atoms with Crippen LogP contribution in [0.3, 0.4) is 0 Å². The number of fused-ring (bicyclic) bond motifs is 1. The van der Waals surface area contributed by atoms with Crippen molar-refractivity contribution in [2.75, 3.05) is 14.1 Å². The van der Waals surface area contributed by atoms with Gasteiger partial charge < -0.3 is 10.0 Å². The lowest BCUT2D eigenvalue weighted by atomic mass is 9.89. The molecule has 0 unspecified atom stereocenters. The first-order valence-electron chi connectivity index (χ1n) is 10.4. The predicted octanol–water partition coefficient (Wildman–Crippen LogP) is 4.46. The summed E-state index contributed by atoms with van der Waals surface area (Å²) in [5.74, 6) is 1.33. The number of aryl methyl sites for hydroxylation is 2. The standard InChI is InChI=1S/C25H33NO2/c1-18-8-6-10-19(14-18)9-4-5-12-22-23-16-20(15-21(23)17-24(22)27)11-7-13-25(28)26(2)3/h5-8,10-12,14-15,21-24,27H,4,9,13,16-17H2,1-3H3/t21-,22+,23-,24+/m0/s1. The van der Waals surface area contributed by atoms with Gasteiger partial charge in [-0.3, -0.25) is 4.79 Å². The highest BCUT2D eigenvalue weighted by Gasteiger charge is 2.42. The first-order chi connectivity index (χ1) is 13.4. The van der Waals surface area contributed by atoms with E-state index in [1.54, 1.807) is 19.0 Å². The highest BCUT2D eigenvalue weighted by molar-refractivity contribution is 5.77. The second-order valence-electron chi connectivity index (χ2n) is 8.50. The fourth-order valence-electron chi connectivity index (χ4n) is 4.54. The summed E-state index contributed by atoms with van der Waals surface area (Å²) in [7, 11) is 3.57. The fraction of sp³-hybridized carbons (Fsp3) is 0.480. The molecule has 2 aliphatic carbocycles. The number of aliphatic hydroxyl groups excluding tert-OH is 1. The molecule has 1 aromatic carbocycles. The zero-order valence-corrected chi connectivity index (χ0v) is 17.3. The Kier molecular flexibility index (Phi) is 6.90. The van der Waals surface area contributed by atoms with Gasteiger partial charge >= 0.3 is 0 Å². The van der Waals surface area contributed by atoms with Crippen LogP contribution in [0, 0.1) is 24.7 Å². The molecule has 0 saturated heterocycles. The molecule has 1 N–H and O–H groups in total. The lowest BCUT2D eigenvalue weighted by Gasteiger charge is -2.17. The lowest BCUT2D eigenvalue weighted by Crippen LogP contribution is -2.20. The van der Waals surface area contributed by atoms with Gasteiger partial charge in [0.2, 0.25) is 5.91 Å². The van der Waals surface area contributed by atoms with Crippen LogP contribution in [0.2, 0.25) is 0 Å². The number of rotatable bonds is 7. The van der Waals surface area contributed by atoms with E-state index in [0.717, 1.165) is 25.7 Å². The van der Waals surface area contributed by atoms with Crippen molar-refractivity contribution in [1.82, 2.24) is 4.90 Å². The number of amides is 1. The van der Waals surface area contributed by atoms with Gasteiger partial charge in [0.05, 0.1) is 6.10 Å². The molecule has 1 fully saturated rings. The van der Waals surface area contributed by atoms with E-state index in [1.165, 1.54) is 16.7 Å². The van der Waals surface area contributed by atoms with Gasteiger partial charge in [-0.15, -0.1) is 0 Å².